The van der Waals surface area contributed by atoms with Gasteiger partial charge in [0.2, 0.25) is 0 Å². The van der Waals surface area contributed by atoms with Gasteiger partial charge >= 0.3 is 6.03 Å². The van der Waals surface area contributed by atoms with Gasteiger partial charge in [0, 0.05) is 18.2 Å². The molecule has 0 saturated carbocycles. The third kappa shape index (κ3) is 5.38. The number of non-ortho nitro benzene ring substituents is 1. The van der Waals surface area contributed by atoms with Gasteiger partial charge in [-0.05, 0) is 26.8 Å². The molecule has 9 nitrogen and oxygen atoms in total. The zero-order valence-electron chi connectivity index (χ0n) is 12.9. The van der Waals surface area contributed by atoms with Crippen molar-refractivity contribution < 1.29 is 24.0 Å². The lowest BCUT2D eigenvalue weighted by Crippen LogP contribution is -2.47. The van der Waals surface area contributed by atoms with E-state index in [1.807, 2.05) is 0 Å². The molecule has 0 heterocycles. The number of nitro groups is 1. The van der Waals surface area contributed by atoms with Crippen LogP contribution in [0.25, 0.3) is 0 Å². The Morgan fingerprint density at radius 1 is 1.30 bits per heavy atom. The number of nitro benzene ring substituents is 1. The monoisotopic (exact) mass is 323 g/mol. The molecular formula is C14H17N3O6. The van der Waals surface area contributed by atoms with E-state index in [1.54, 1.807) is 13.8 Å². The lowest BCUT2D eigenvalue weighted by molar-refractivity contribution is -0.384. The molecule has 0 aliphatic heterocycles. The molecule has 0 fully saturated rings. The topological polar surface area (TPSA) is 128 Å². The SMILES string of the molecule is CC(C)NC(=O)NC(=O)[C@H](C)Oc1ccc([N+](=O)[O-])cc1C=O. The fourth-order valence-electron chi connectivity index (χ4n) is 1.60. The van der Waals surface area contributed by atoms with Crippen LogP contribution in [0.2, 0.25) is 0 Å². The first-order valence-electron chi connectivity index (χ1n) is 6.76. The molecule has 9 heteroatoms. The summed E-state index contributed by atoms with van der Waals surface area (Å²) < 4.78 is 5.29. The van der Waals surface area contributed by atoms with Crippen molar-refractivity contribution >= 4 is 23.9 Å². The maximum absolute atomic E-state index is 11.8. The molecule has 23 heavy (non-hydrogen) atoms. The van der Waals surface area contributed by atoms with Crippen LogP contribution in [0.4, 0.5) is 10.5 Å². The summed E-state index contributed by atoms with van der Waals surface area (Å²) in [5.41, 5.74) is -0.335. The van der Waals surface area contributed by atoms with Crippen LogP contribution in [0, 0.1) is 10.1 Å². The zero-order valence-corrected chi connectivity index (χ0v) is 12.9. The molecule has 0 spiro atoms. The van der Waals surface area contributed by atoms with Crippen molar-refractivity contribution in [3.8, 4) is 5.75 Å². The lowest BCUT2D eigenvalue weighted by atomic mass is 10.2. The Balaban J connectivity index is 2.78. The molecule has 0 bridgehead atoms. The third-order valence-corrected chi connectivity index (χ3v) is 2.66. The molecule has 1 aromatic rings. The highest BCUT2D eigenvalue weighted by Gasteiger charge is 2.20. The molecule has 0 aliphatic rings. The maximum Gasteiger partial charge on any atom is 0.321 e. The Morgan fingerprint density at radius 3 is 2.48 bits per heavy atom. The van der Waals surface area contributed by atoms with Crippen LogP contribution in [0.5, 0.6) is 5.75 Å². The number of benzene rings is 1. The quantitative estimate of drug-likeness (QED) is 0.463. The second kappa shape index (κ2) is 7.87. The molecule has 1 atom stereocenters. The predicted octanol–water partition coefficient (Wildman–Crippen LogP) is 1.41. The molecule has 0 aromatic heterocycles. The van der Waals surface area contributed by atoms with Crippen molar-refractivity contribution in [3.05, 3.63) is 33.9 Å². The normalized spacial score (nSPS) is 11.5. The van der Waals surface area contributed by atoms with E-state index in [9.17, 15) is 24.5 Å². The summed E-state index contributed by atoms with van der Waals surface area (Å²) in [4.78, 5) is 44.3. The van der Waals surface area contributed by atoms with Crippen LogP contribution in [-0.2, 0) is 4.79 Å². The molecule has 2 N–H and O–H groups in total. The highest BCUT2D eigenvalue weighted by atomic mass is 16.6. The lowest BCUT2D eigenvalue weighted by Gasteiger charge is -2.16. The van der Waals surface area contributed by atoms with E-state index in [2.05, 4.69) is 10.6 Å². The summed E-state index contributed by atoms with van der Waals surface area (Å²) in [5, 5.41) is 15.2. The first-order chi connectivity index (χ1) is 10.7. The standard InChI is InChI=1S/C14H17N3O6/c1-8(2)15-14(20)16-13(19)9(3)23-12-5-4-11(17(21)22)6-10(12)7-18/h4-9H,1-3H3,(H2,15,16,19,20)/t9-/m0/s1. The summed E-state index contributed by atoms with van der Waals surface area (Å²) in [6.45, 7) is 4.85. The van der Waals surface area contributed by atoms with Crippen molar-refractivity contribution in [2.45, 2.75) is 32.9 Å². The van der Waals surface area contributed by atoms with Crippen LogP contribution in [0.1, 0.15) is 31.1 Å². The van der Waals surface area contributed by atoms with Crippen molar-refractivity contribution in [2.24, 2.45) is 0 Å². The van der Waals surface area contributed by atoms with E-state index in [4.69, 9.17) is 4.74 Å². The molecule has 0 radical (unpaired) electrons. The maximum atomic E-state index is 11.8. The van der Waals surface area contributed by atoms with Gasteiger partial charge in [-0.15, -0.1) is 0 Å². The van der Waals surface area contributed by atoms with E-state index in [0.717, 1.165) is 12.1 Å². The minimum atomic E-state index is -1.08. The first kappa shape index (κ1) is 18.1. The summed E-state index contributed by atoms with van der Waals surface area (Å²) >= 11 is 0. The molecule has 1 rings (SSSR count). The van der Waals surface area contributed by atoms with E-state index in [1.165, 1.54) is 13.0 Å². The number of hydrogen-bond acceptors (Lipinski definition) is 6. The Labute approximate surface area is 132 Å². The van der Waals surface area contributed by atoms with E-state index in [-0.39, 0.29) is 23.0 Å². The summed E-state index contributed by atoms with van der Waals surface area (Å²) in [6.07, 6.45) is -0.689. The number of nitrogens with zero attached hydrogens (tertiary/aromatic N) is 1. The van der Waals surface area contributed by atoms with Gasteiger partial charge in [-0.25, -0.2) is 4.79 Å². The molecule has 124 valence electrons. The first-order valence-corrected chi connectivity index (χ1v) is 6.76. The molecule has 0 aliphatic carbocycles. The van der Waals surface area contributed by atoms with E-state index >= 15 is 0 Å². The van der Waals surface area contributed by atoms with Crippen LogP contribution >= 0.6 is 0 Å². The van der Waals surface area contributed by atoms with Crippen LogP contribution in [0.15, 0.2) is 18.2 Å². The number of nitrogens with one attached hydrogen (secondary N) is 2. The van der Waals surface area contributed by atoms with E-state index < -0.39 is 23.0 Å². The Morgan fingerprint density at radius 2 is 1.96 bits per heavy atom. The van der Waals surface area contributed by atoms with Gasteiger partial charge in [0.25, 0.3) is 11.6 Å². The molecule has 0 unspecified atom stereocenters. The number of carbonyl (C=O) groups is 3. The average molecular weight is 323 g/mol. The summed E-state index contributed by atoms with van der Waals surface area (Å²) in [7, 11) is 0. The van der Waals surface area contributed by atoms with Gasteiger partial charge < -0.3 is 10.1 Å². The number of hydrogen-bond donors (Lipinski definition) is 2. The Kier molecular flexibility index (Phi) is 6.19. The molecule has 3 amide bonds. The second-order valence-electron chi connectivity index (χ2n) is 4.97. The molecule has 1 aromatic carbocycles. The van der Waals surface area contributed by atoms with Crippen LogP contribution in [-0.4, -0.2) is 35.3 Å². The number of carbonyl (C=O) groups excluding carboxylic acids is 3. The van der Waals surface area contributed by atoms with Crippen molar-refractivity contribution in [2.75, 3.05) is 0 Å². The number of rotatable bonds is 6. The fourth-order valence-corrected chi connectivity index (χ4v) is 1.60. The minimum absolute atomic E-state index is 0.0116. The third-order valence-electron chi connectivity index (χ3n) is 2.66. The van der Waals surface area contributed by atoms with Gasteiger partial charge in [0.05, 0.1) is 10.5 Å². The molecule has 0 saturated heterocycles. The average Bonchev–Trinajstić information content (AvgIpc) is 2.46. The van der Waals surface area contributed by atoms with Gasteiger partial charge in [0.15, 0.2) is 12.4 Å². The number of aldehydes is 1. The summed E-state index contributed by atoms with van der Waals surface area (Å²) in [6, 6.07) is 2.60. The zero-order chi connectivity index (χ0) is 17.6. The van der Waals surface area contributed by atoms with Gasteiger partial charge in [-0.2, -0.15) is 0 Å². The van der Waals surface area contributed by atoms with E-state index in [0.29, 0.717) is 6.29 Å². The minimum Gasteiger partial charge on any atom is -0.480 e. The van der Waals surface area contributed by atoms with Gasteiger partial charge in [-0.3, -0.25) is 25.0 Å². The highest BCUT2D eigenvalue weighted by Crippen LogP contribution is 2.23. The predicted molar refractivity (Wildman–Crippen MR) is 80.4 cm³/mol. The number of urea groups is 1. The second-order valence-corrected chi connectivity index (χ2v) is 4.97. The van der Waals surface area contributed by atoms with Crippen molar-refractivity contribution in [1.82, 2.24) is 10.6 Å². The summed E-state index contributed by atoms with van der Waals surface area (Å²) in [5.74, 6) is -0.698. The van der Waals surface area contributed by atoms with Crippen molar-refractivity contribution in [3.63, 3.8) is 0 Å². The smallest absolute Gasteiger partial charge is 0.321 e. The van der Waals surface area contributed by atoms with Crippen molar-refractivity contribution in [1.29, 1.82) is 0 Å². The van der Waals surface area contributed by atoms with Gasteiger partial charge in [0.1, 0.15) is 5.75 Å². The Bertz CT molecular complexity index is 629. The largest absolute Gasteiger partial charge is 0.480 e. The Hall–Kier alpha value is -2.97. The molecular weight excluding hydrogens is 306 g/mol. The highest BCUT2D eigenvalue weighted by molar-refractivity contribution is 5.96. The number of imide groups is 1. The number of ether oxygens (including phenoxy) is 1. The van der Waals surface area contributed by atoms with Crippen LogP contribution < -0.4 is 15.4 Å². The van der Waals surface area contributed by atoms with Crippen LogP contribution in [0.3, 0.4) is 0 Å². The number of amides is 3. The van der Waals surface area contributed by atoms with Gasteiger partial charge in [-0.1, -0.05) is 0 Å². The fraction of sp³-hybridized carbons (Fsp3) is 0.357.